The van der Waals surface area contributed by atoms with Crippen molar-refractivity contribution in [2.24, 2.45) is 5.92 Å². The molecule has 1 saturated heterocycles. The van der Waals surface area contributed by atoms with Gasteiger partial charge >= 0.3 is 6.03 Å². The first-order valence-electron chi connectivity index (χ1n) is 10.0. The molecule has 0 spiro atoms. The van der Waals surface area contributed by atoms with Crippen molar-refractivity contribution < 1.29 is 4.79 Å². The van der Waals surface area contributed by atoms with Gasteiger partial charge in [0.05, 0.1) is 12.9 Å². The number of carbonyl (C=O) groups excluding carboxylic acids is 1. The largest absolute Gasteiger partial charge is 0.337 e. The summed E-state index contributed by atoms with van der Waals surface area (Å²) in [5.41, 5.74) is 3.56. The Hall–Kier alpha value is -2.44. The van der Waals surface area contributed by atoms with Gasteiger partial charge in [-0.2, -0.15) is 0 Å². The molecule has 2 aromatic rings. The van der Waals surface area contributed by atoms with E-state index in [1.807, 2.05) is 17.4 Å². The van der Waals surface area contributed by atoms with Crippen LogP contribution in [0.15, 0.2) is 18.7 Å². The topological polar surface area (TPSA) is 75.9 Å². The van der Waals surface area contributed by atoms with Crippen LogP contribution in [0.4, 0.5) is 4.79 Å². The first-order valence-corrected chi connectivity index (χ1v) is 10.0. The van der Waals surface area contributed by atoms with Crippen LogP contribution in [0.5, 0.6) is 0 Å². The molecule has 0 aromatic carbocycles. The number of amides is 2. The number of nitrogens with one attached hydrogen (secondary N) is 1. The molecule has 4 rings (SSSR count). The van der Waals surface area contributed by atoms with Crippen molar-refractivity contribution in [1.82, 2.24) is 29.7 Å². The molecular formula is C20H28N6O. The number of likely N-dealkylation sites (tertiary alicyclic amines) is 1. The van der Waals surface area contributed by atoms with Crippen LogP contribution in [0, 0.1) is 12.8 Å². The molecule has 0 radical (unpaired) electrons. The molecule has 1 aliphatic heterocycles. The molecule has 2 amide bonds. The van der Waals surface area contributed by atoms with E-state index < -0.39 is 0 Å². The summed E-state index contributed by atoms with van der Waals surface area (Å²) in [7, 11) is 0. The Kier molecular flexibility index (Phi) is 5.36. The smallest absolute Gasteiger partial charge is 0.317 e. The number of nitrogens with zero attached hydrogens (tertiary/aromatic N) is 5. The molecule has 1 aliphatic carbocycles. The van der Waals surface area contributed by atoms with E-state index in [2.05, 4.69) is 26.8 Å². The Morgan fingerprint density at radius 2 is 2.15 bits per heavy atom. The van der Waals surface area contributed by atoms with Gasteiger partial charge in [-0.3, -0.25) is 0 Å². The van der Waals surface area contributed by atoms with Gasteiger partial charge in [-0.15, -0.1) is 0 Å². The third kappa shape index (κ3) is 4.28. The standard InChI is InChI=1S/C20H28N6O/c1-15-17-6-2-3-7-18(17)24-19(23-15)11-22-20(27)26-9-4-5-16(13-26)12-25-10-8-21-14-25/h8,10,14,16H,2-7,9,11-13H2,1H3,(H,22,27). The second-order valence-electron chi connectivity index (χ2n) is 7.73. The molecule has 7 nitrogen and oxygen atoms in total. The first kappa shape index (κ1) is 17.9. The number of hydrogen-bond acceptors (Lipinski definition) is 4. The van der Waals surface area contributed by atoms with Crippen LogP contribution in [-0.4, -0.2) is 43.5 Å². The van der Waals surface area contributed by atoms with E-state index in [1.54, 1.807) is 6.20 Å². The average molecular weight is 368 g/mol. The predicted octanol–water partition coefficient (Wildman–Crippen LogP) is 2.48. The number of urea groups is 1. The van der Waals surface area contributed by atoms with Gasteiger partial charge in [-0.05, 0) is 56.9 Å². The van der Waals surface area contributed by atoms with E-state index >= 15 is 0 Å². The van der Waals surface area contributed by atoms with Crippen molar-refractivity contribution in [3.05, 3.63) is 41.5 Å². The summed E-state index contributed by atoms with van der Waals surface area (Å²) in [5.74, 6) is 1.20. The first-order chi connectivity index (χ1) is 13.2. The van der Waals surface area contributed by atoms with Crippen LogP contribution >= 0.6 is 0 Å². The van der Waals surface area contributed by atoms with E-state index in [-0.39, 0.29) is 6.03 Å². The number of aryl methyl sites for hydroxylation is 2. The minimum atomic E-state index is -0.00990. The fourth-order valence-corrected chi connectivity index (χ4v) is 4.28. The zero-order chi connectivity index (χ0) is 18.6. The van der Waals surface area contributed by atoms with Crippen LogP contribution in [0.2, 0.25) is 0 Å². The number of piperidine rings is 1. The minimum Gasteiger partial charge on any atom is -0.337 e. The van der Waals surface area contributed by atoms with Gasteiger partial charge in [0.25, 0.3) is 0 Å². The Morgan fingerprint density at radius 1 is 1.26 bits per heavy atom. The monoisotopic (exact) mass is 368 g/mol. The molecule has 27 heavy (non-hydrogen) atoms. The van der Waals surface area contributed by atoms with Gasteiger partial charge in [-0.1, -0.05) is 0 Å². The second kappa shape index (κ2) is 8.06. The fraction of sp³-hybridized carbons (Fsp3) is 0.600. The highest BCUT2D eigenvalue weighted by atomic mass is 16.2. The minimum absolute atomic E-state index is 0.00990. The van der Waals surface area contributed by atoms with Gasteiger partial charge < -0.3 is 14.8 Å². The van der Waals surface area contributed by atoms with Crippen LogP contribution < -0.4 is 5.32 Å². The van der Waals surface area contributed by atoms with Crippen LogP contribution in [0.1, 0.15) is 48.5 Å². The molecule has 3 heterocycles. The summed E-state index contributed by atoms with van der Waals surface area (Å²) < 4.78 is 2.09. The van der Waals surface area contributed by atoms with Crippen molar-refractivity contribution in [1.29, 1.82) is 0 Å². The highest BCUT2D eigenvalue weighted by Gasteiger charge is 2.24. The maximum atomic E-state index is 12.6. The normalized spacial score (nSPS) is 19.6. The lowest BCUT2D eigenvalue weighted by Gasteiger charge is -2.32. The van der Waals surface area contributed by atoms with Gasteiger partial charge in [-0.25, -0.2) is 19.7 Å². The number of imidazole rings is 1. The number of rotatable bonds is 4. The number of aromatic nitrogens is 4. The average Bonchev–Trinajstić information content (AvgIpc) is 3.19. The molecule has 1 fully saturated rings. The quantitative estimate of drug-likeness (QED) is 0.900. The molecule has 2 aromatic heterocycles. The summed E-state index contributed by atoms with van der Waals surface area (Å²) in [4.78, 5) is 28.0. The van der Waals surface area contributed by atoms with Gasteiger partial charge in [0.2, 0.25) is 0 Å². The lowest BCUT2D eigenvalue weighted by Crippen LogP contribution is -2.46. The van der Waals surface area contributed by atoms with E-state index in [0.29, 0.717) is 12.5 Å². The lowest BCUT2D eigenvalue weighted by molar-refractivity contribution is 0.158. The molecule has 0 bridgehead atoms. The molecule has 1 atom stereocenters. The highest BCUT2D eigenvalue weighted by molar-refractivity contribution is 5.74. The van der Waals surface area contributed by atoms with E-state index in [4.69, 9.17) is 4.98 Å². The Morgan fingerprint density at radius 3 is 3.00 bits per heavy atom. The highest BCUT2D eigenvalue weighted by Crippen LogP contribution is 2.22. The maximum Gasteiger partial charge on any atom is 0.317 e. The van der Waals surface area contributed by atoms with Gasteiger partial charge in [0.15, 0.2) is 0 Å². The zero-order valence-electron chi connectivity index (χ0n) is 16.0. The molecule has 7 heteroatoms. The zero-order valence-corrected chi connectivity index (χ0v) is 16.0. The van der Waals surface area contributed by atoms with E-state index in [9.17, 15) is 4.79 Å². The van der Waals surface area contributed by atoms with Gasteiger partial charge in [0, 0.05) is 43.4 Å². The number of hydrogen-bond donors (Lipinski definition) is 1. The fourth-order valence-electron chi connectivity index (χ4n) is 4.28. The van der Waals surface area contributed by atoms with Gasteiger partial charge in [0.1, 0.15) is 5.82 Å². The summed E-state index contributed by atoms with van der Waals surface area (Å²) in [6.45, 7) is 4.97. The molecular weight excluding hydrogens is 340 g/mol. The molecule has 1 unspecified atom stereocenters. The SMILES string of the molecule is Cc1nc(CNC(=O)N2CCCC(Cn3ccnc3)C2)nc2c1CCCC2. The number of fused-ring (bicyclic) bond motifs is 1. The lowest BCUT2D eigenvalue weighted by atomic mass is 9.95. The Bertz CT molecular complexity index is 788. The molecule has 0 saturated carbocycles. The third-order valence-corrected chi connectivity index (χ3v) is 5.67. The van der Waals surface area contributed by atoms with E-state index in [0.717, 1.165) is 56.8 Å². The summed E-state index contributed by atoms with van der Waals surface area (Å²) in [6, 6.07) is -0.00990. The molecule has 144 valence electrons. The summed E-state index contributed by atoms with van der Waals surface area (Å²) >= 11 is 0. The maximum absolute atomic E-state index is 12.6. The van der Waals surface area contributed by atoms with Crippen molar-refractivity contribution in [3.63, 3.8) is 0 Å². The number of carbonyl (C=O) groups is 1. The van der Waals surface area contributed by atoms with Crippen molar-refractivity contribution in [2.75, 3.05) is 13.1 Å². The predicted molar refractivity (Wildman–Crippen MR) is 102 cm³/mol. The van der Waals surface area contributed by atoms with Crippen LogP contribution in [-0.2, 0) is 25.9 Å². The Balaban J connectivity index is 1.33. The molecule has 1 N–H and O–H groups in total. The van der Waals surface area contributed by atoms with E-state index in [1.165, 1.54) is 24.1 Å². The van der Waals surface area contributed by atoms with Crippen molar-refractivity contribution in [2.45, 2.75) is 58.5 Å². The summed E-state index contributed by atoms with van der Waals surface area (Å²) in [6.07, 6.45) is 12.3. The van der Waals surface area contributed by atoms with Crippen LogP contribution in [0.25, 0.3) is 0 Å². The third-order valence-electron chi connectivity index (χ3n) is 5.67. The molecule has 2 aliphatic rings. The van der Waals surface area contributed by atoms with Crippen LogP contribution in [0.3, 0.4) is 0 Å². The Labute approximate surface area is 160 Å². The van der Waals surface area contributed by atoms with Crippen molar-refractivity contribution in [3.8, 4) is 0 Å². The van der Waals surface area contributed by atoms with Crippen molar-refractivity contribution >= 4 is 6.03 Å². The second-order valence-corrected chi connectivity index (χ2v) is 7.73. The summed E-state index contributed by atoms with van der Waals surface area (Å²) in [5, 5.41) is 3.02.